The molecule has 0 saturated heterocycles. The second-order valence-electron chi connectivity index (χ2n) is 5.93. The molecule has 0 unspecified atom stereocenters. The van der Waals surface area contributed by atoms with Crippen LogP contribution in [-0.2, 0) is 4.79 Å². The van der Waals surface area contributed by atoms with Crippen molar-refractivity contribution in [3.8, 4) is 6.07 Å². The Bertz CT molecular complexity index is 883. The van der Waals surface area contributed by atoms with E-state index in [4.69, 9.17) is 5.26 Å². The number of anilines is 1. The summed E-state index contributed by atoms with van der Waals surface area (Å²) in [5, 5.41) is 17.2. The van der Waals surface area contributed by atoms with Crippen LogP contribution < -0.4 is 10.6 Å². The minimum Gasteiger partial charge on any atom is -0.325 e. The van der Waals surface area contributed by atoms with E-state index in [2.05, 4.69) is 34.9 Å². The average molecular weight is 361 g/mol. The highest BCUT2D eigenvalue weighted by atomic mass is 32.1. The predicted octanol–water partition coefficient (Wildman–Crippen LogP) is 4.33. The van der Waals surface area contributed by atoms with Crippen molar-refractivity contribution < 1.29 is 4.79 Å². The molecule has 4 nitrogen and oxygen atoms in total. The van der Waals surface area contributed by atoms with Crippen LogP contribution in [0.3, 0.4) is 0 Å². The van der Waals surface area contributed by atoms with Gasteiger partial charge in [0, 0.05) is 10.6 Å². The highest BCUT2D eigenvalue weighted by molar-refractivity contribution is 7.10. The van der Waals surface area contributed by atoms with E-state index in [1.54, 1.807) is 35.6 Å². The van der Waals surface area contributed by atoms with Gasteiger partial charge in [0.1, 0.15) is 0 Å². The van der Waals surface area contributed by atoms with E-state index < -0.39 is 6.04 Å². The molecule has 3 aromatic rings. The van der Waals surface area contributed by atoms with Crippen molar-refractivity contribution in [3.63, 3.8) is 0 Å². The zero-order valence-corrected chi connectivity index (χ0v) is 15.2. The molecule has 2 aromatic carbocycles. The summed E-state index contributed by atoms with van der Waals surface area (Å²) in [5.74, 6) is -0.118. The Morgan fingerprint density at radius 2 is 1.77 bits per heavy atom. The lowest BCUT2D eigenvalue weighted by atomic mass is 10.0. The monoisotopic (exact) mass is 361 g/mol. The zero-order valence-electron chi connectivity index (χ0n) is 14.3. The van der Waals surface area contributed by atoms with E-state index in [0.717, 1.165) is 10.4 Å². The average Bonchev–Trinajstić information content (AvgIpc) is 3.21. The van der Waals surface area contributed by atoms with Crippen LogP contribution in [-0.4, -0.2) is 11.9 Å². The Labute approximate surface area is 157 Å². The molecule has 1 aromatic heterocycles. The fourth-order valence-corrected chi connectivity index (χ4v) is 3.46. The first-order valence-corrected chi connectivity index (χ1v) is 9.21. The van der Waals surface area contributed by atoms with Crippen LogP contribution in [0.25, 0.3) is 0 Å². The first-order chi connectivity index (χ1) is 12.7. The molecule has 2 atom stereocenters. The van der Waals surface area contributed by atoms with Crippen LogP contribution in [0.2, 0.25) is 0 Å². The lowest BCUT2D eigenvalue weighted by Crippen LogP contribution is -2.40. The number of carbonyl (C=O) groups is 1. The number of amides is 1. The van der Waals surface area contributed by atoms with Gasteiger partial charge in [-0.15, -0.1) is 11.3 Å². The number of hydrogen-bond acceptors (Lipinski definition) is 4. The molecule has 0 aliphatic carbocycles. The van der Waals surface area contributed by atoms with Crippen LogP contribution in [0, 0.1) is 11.3 Å². The molecule has 130 valence electrons. The number of thiophene rings is 1. The number of carbonyl (C=O) groups excluding carboxylic acids is 1. The minimum atomic E-state index is -0.391. The lowest BCUT2D eigenvalue weighted by Gasteiger charge is -2.22. The van der Waals surface area contributed by atoms with Crippen LogP contribution in [0.5, 0.6) is 0 Å². The minimum absolute atomic E-state index is 0.0436. The number of nitrogens with one attached hydrogen (secondary N) is 2. The molecule has 0 aliphatic heterocycles. The first kappa shape index (κ1) is 17.9. The Balaban J connectivity index is 1.72. The van der Waals surface area contributed by atoms with Gasteiger partial charge in [-0.05, 0) is 48.2 Å². The topological polar surface area (TPSA) is 64.9 Å². The summed E-state index contributed by atoms with van der Waals surface area (Å²) in [6.07, 6.45) is 0. The van der Waals surface area contributed by atoms with Gasteiger partial charge in [0.25, 0.3) is 0 Å². The fraction of sp³-hybridized carbons (Fsp3) is 0.143. The van der Waals surface area contributed by atoms with Crippen molar-refractivity contribution in [3.05, 3.63) is 88.1 Å². The van der Waals surface area contributed by atoms with Crippen molar-refractivity contribution in [2.45, 2.75) is 19.0 Å². The van der Waals surface area contributed by atoms with Crippen LogP contribution in [0.4, 0.5) is 5.69 Å². The largest absolute Gasteiger partial charge is 0.325 e. The molecule has 1 heterocycles. The fourth-order valence-electron chi connectivity index (χ4n) is 2.65. The normalized spacial score (nSPS) is 12.8. The third-order valence-electron chi connectivity index (χ3n) is 4.05. The second kappa shape index (κ2) is 8.43. The molecular formula is C21H19N3OS. The van der Waals surface area contributed by atoms with Gasteiger partial charge in [-0.2, -0.15) is 5.26 Å². The number of hydrogen-bond donors (Lipinski definition) is 2. The lowest BCUT2D eigenvalue weighted by molar-refractivity contribution is -0.117. The predicted molar refractivity (Wildman–Crippen MR) is 105 cm³/mol. The Hall–Kier alpha value is -2.94. The molecule has 0 fully saturated rings. The molecule has 0 saturated carbocycles. The van der Waals surface area contributed by atoms with Gasteiger partial charge in [-0.1, -0.05) is 36.4 Å². The molecule has 0 bridgehead atoms. The summed E-state index contributed by atoms with van der Waals surface area (Å²) < 4.78 is 0. The maximum Gasteiger partial charge on any atom is 0.241 e. The van der Waals surface area contributed by atoms with Crippen molar-refractivity contribution >= 4 is 22.9 Å². The van der Waals surface area contributed by atoms with Gasteiger partial charge in [0.15, 0.2) is 0 Å². The molecule has 26 heavy (non-hydrogen) atoms. The second-order valence-corrected chi connectivity index (χ2v) is 6.91. The summed E-state index contributed by atoms with van der Waals surface area (Å²) in [6, 6.07) is 22.7. The van der Waals surface area contributed by atoms with Gasteiger partial charge in [0.05, 0.1) is 23.7 Å². The third-order valence-corrected chi connectivity index (χ3v) is 4.99. The van der Waals surface area contributed by atoms with Crippen molar-refractivity contribution in [1.29, 1.82) is 5.26 Å². The van der Waals surface area contributed by atoms with Gasteiger partial charge in [-0.25, -0.2) is 0 Å². The van der Waals surface area contributed by atoms with E-state index in [-0.39, 0.29) is 11.9 Å². The van der Waals surface area contributed by atoms with E-state index >= 15 is 0 Å². The Kier molecular flexibility index (Phi) is 5.80. The standard InChI is InChI=1S/C21H19N3OS/c1-15(21(25)24-18-11-9-16(14-22)10-12-18)23-20(19-8-5-13-26-19)17-6-3-2-4-7-17/h2-13,15,20,23H,1H3,(H,24,25)/t15-,20-/m0/s1. The highest BCUT2D eigenvalue weighted by Crippen LogP contribution is 2.26. The van der Waals surface area contributed by atoms with Crippen LogP contribution in [0.1, 0.15) is 29.0 Å². The van der Waals surface area contributed by atoms with E-state index in [9.17, 15) is 4.79 Å². The van der Waals surface area contributed by atoms with Gasteiger partial charge < -0.3 is 5.32 Å². The van der Waals surface area contributed by atoms with Gasteiger partial charge in [-0.3, -0.25) is 10.1 Å². The zero-order chi connectivity index (χ0) is 18.4. The van der Waals surface area contributed by atoms with Crippen molar-refractivity contribution in [1.82, 2.24) is 5.32 Å². The maximum absolute atomic E-state index is 12.6. The summed E-state index contributed by atoms with van der Waals surface area (Å²) >= 11 is 1.66. The summed E-state index contributed by atoms with van der Waals surface area (Å²) in [4.78, 5) is 13.7. The number of nitrogens with zero attached hydrogens (tertiary/aromatic N) is 1. The Morgan fingerprint density at radius 3 is 2.38 bits per heavy atom. The summed E-state index contributed by atoms with van der Waals surface area (Å²) in [7, 11) is 0. The number of rotatable bonds is 6. The molecule has 0 spiro atoms. The number of nitriles is 1. The van der Waals surface area contributed by atoms with Crippen LogP contribution in [0.15, 0.2) is 72.1 Å². The van der Waals surface area contributed by atoms with E-state index in [1.165, 1.54) is 0 Å². The Morgan fingerprint density at radius 1 is 1.04 bits per heavy atom. The van der Waals surface area contributed by atoms with Crippen molar-refractivity contribution in [2.75, 3.05) is 5.32 Å². The van der Waals surface area contributed by atoms with Crippen molar-refractivity contribution in [2.24, 2.45) is 0 Å². The van der Waals surface area contributed by atoms with E-state index in [0.29, 0.717) is 11.3 Å². The SMILES string of the molecule is C[C@H](N[C@@H](c1ccccc1)c1cccs1)C(=O)Nc1ccc(C#N)cc1. The van der Waals surface area contributed by atoms with E-state index in [1.807, 2.05) is 36.6 Å². The molecule has 0 aliphatic rings. The van der Waals surface area contributed by atoms with Crippen LogP contribution >= 0.6 is 11.3 Å². The molecule has 2 N–H and O–H groups in total. The molecular weight excluding hydrogens is 342 g/mol. The molecule has 0 radical (unpaired) electrons. The van der Waals surface area contributed by atoms with Gasteiger partial charge in [0.2, 0.25) is 5.91 Å². The first-order valence-electron chi connectivity index (χ1n) is 8.33. The third kappa shape index (κ3) is 4.37. The summed E-state index contributed by atoms with van der Waals surface area (Å²) in [6.45, 7) is 1.85. The molecule has 1 amide bonds. The molecule has 3 rings (SSSR count). The maximum atomic E-state index is 12.6. The smallest absolute Gasteiger partial charge is 0.241 e. The summed E-state index contributed by atoms with van der Waals surface area (Å²) in [5.41, 5.74) is 2.36. The quantitative estimate of drug-likeness (QED) is 0.687. The van der Waals surface area contributed by atoms with Gasteiger partial charge >= 0.3 is 0 Å². The number of benzene rings is 2. The molecule has 5 heteroatoms. The highest BCUT2D eigenvalue weighted by Gasteiger charge is 2.21.